The summed E-state index contributed by atoms with van der Waals surface area (Å²) < 4.78 is 13.9. The number of nitrogens with zero attached hydrogens (tertiary/aromatic N) is 3. The summed E-state index contributed by atoms with van der Waals surface area (Å²) in [6, 6.07) is 6.48. The molecule has 0 fully saturated rings. The highest BCUT2D eigenvalue weighted by atomic mass is 32.2. The van der Waals surface area contributed by atoms with Crippen molar-refractivity contribution in [3.63, 3.8) is 0 Å². The Morgan fingerprint density at radius 3 is 2.62 bits per heavy atom. The summed E-state index contributed by atoms with van der Waals surface area (Å²) in [5.41, 5.74) is 0.615. The van der Waals surface area contributed by atoms with Gasteiger partial charge in [0.2, 0.25) is 11.0 Å². The summed E-state index contributed by atoms with van der Waals surface area (Å²) in [5.74, 6) is 0.0947. The zero-order valence-corrected chi connectivity index (χ0v) is 15.7. The lowest BCUT2D eigenvalue weighted by atomic mass is 10.2. The highest BCUT2D eigenvalue weighted by Crippen LogP contribution is 2.28. The normalized spacial score (nSPS) is 11.1. The van der Waals surface area contributed by atoms with Crippen molar-refractivity contribution in [2.75, 3.05) is 11.1 Å². The predicted octanol–water partition coefficient (Wildman–Crippen LogP) is 4.16. The molecule has 8 heteroatoms. The van der Waals surface area contributed by atoms with Crippen molar-refractivity contribution in [2.24, 2.45) is 0 Å². The maximum atomic E-state index is 13.2. The van der Waals surface area contributed by atoms with E-state index in [1.807, 2.05) is 32.6 Å². The fourth-order valence-electron chi connectivity index (χ4n) is 2.38. The minimum absolute atomic E-state index is 0.0832. The van der Waals surface area contributed by atoms with Crippen LogP contribution in [0.2, 0.25) is 0 Å². The molecule has 0 spiro atoms. The molecule has 0 saturated heterocycles. The van der Waals surface area contributed by atoms with E-state index in [1.165, 1.54) is 35.2 Å². The lowest BCUT2D eigenvalue weighted by Crippen LogP contribution is -2.43. The van der Waals surface area contributed by atoms with Crippen molar-refractivity contribution in [1.29, 1.82) is 0 Å². The Kier molecular flexibility index (Phi) is 6.56. The van der Waals surface area contributed by atoms with Gasteiger partial charge in [-0.3, -0.25) is 4.79 Å². The molecule has 130 valence electrons. The quantitative estimate of drug-likeness (QED) is 0.744. The van der Waals surface area contributed by atoms with E-state index >= 15 is 0 Å². The van der Waals surface area contributed by atoms with Crippen molar-refractivity contribution in [1.82, 2.24) is 15.1 Å². The molecule has 0 aliphatic heterocycles. The average molecular weight is 369 g/mol. The number of hydrogen-bond donors (Lipinski definition) is 1. The van der Waals surface area contributed by atoms with Gasteiger partial charge in [0.15, 0.2) is 4.34 Å². The molecule has 0 bridgehead atoms. The van der Waals surface area contributed by atoms with Crippen LogP contribution in [-0.4, -0.2) is 38.8 Å². The molecule has 2 aromatic rings. The van der Waals surface area contributed by atoms with Crippen molar-refractivity contribution in [2.45, 2.75) is 44.1 Å². The Balaban J connectivity index is 1.93. The number of anilines is 2. The first-order valence-corrected chi connectivity index (χ1v) is 9.47. The fraction of sp³-hybridized carbons (Fsp3) is 0.438. The summed E-state index contributed by atoms with van der Waals surface area (Å²) in [7, 11) is 0. The van der Waals surface area contributed by atoms with Gasteiger partial charge in [0.25, 0.3) is 0 Å². The number of aromatic nitrogens is 2. The number of halogens is 1. The molecule has 0 atom stereocenters. The molecular weight excluding hydrogens is 347 g/mol. The third-order valence-electron chi connectivity index (χ3n) is 3.20. The van der Waals surface area contributed by atoms with Gasteiger partial charge in [0, 0.05) is 17.8 Å². The highest BCUT2D eigenvalue weighted by molar-refractivity contribution is 8.01. The van der Waals surface area contributed by atoms with Gasteiger partial charge in [-0.2, -0.15) is 0 Å². The van der Waals surface area contributed by atoms with Gasteiger partial charge >= 0.3 is 0 Å². The molecule has 1 amide bonds. The van der Waals surface area contributed by atoms with Gasteiger partial charge in [0.1, 0.15) is 5.82 Å². The first-order chi connectivity index (χ1) is 11.4. The van der Waals surface area contributed by atoms with Crippen LogP contribution < -0.4 is 5.32 Å². The smallest absolute Gasteiger partial charge is 0.233 e. The number of carbonyl (C=O) groups is 1. The van der Waals surface area contributed by atoms with Crippen LogP contribution in [0.1, 0.15) is 27.7 Å². The van der Waals surface area contributed by atoms with Crippen molar-refractivity contribution in [3.05, 3.63) is 30.1 Å². The van der Waals surface area contributed by atoms with Gasteiger partial charge < -0.3 is 10.2 Å². The Labute approximate surface area is 149 Å². The molecule has 1 aromatic carbocycles. The number of nitrogens with one attached hydrogen (secondary N) is 1. The number of rotatable bonds is 7. The van der Waals surface area contributed by atoms with E-state index in [0.717, 1.165) is 0 Å². The second-order valence-electron chi connectivity index (χ2n) is 5.79. The van der Waals surface area contributed by atoms with E-state index in [4.69, 9.17) is 0 Å². The molecule has 5 nitrogen and oxygen atoms in total. The van der Waals surface area contributed by atoms with Crippen LogP contribution in [0.15, 0.2) is 28.6 Å². The molecule has 1 aromatic heterocycles. The fourth-order valence-corrected chi connectivity index (χ4v) is 4.02. The summed E-state index contributed by atoms with van der Waals surface area (Å²) in [5, 5.41) is 11.7. The van der Waals surface area contributed by atoms with Gasteiger partial charge in [-0.05, 0) is 45.9 Å². The van der Waals surface area contributed by atoms with Crippen LogP contribution in [0.5, 0.6) is 0 Å². The average Bonchev–Trinajstić information content (AvgIpc) is 2.92. The Bertz CT molecular complexity index is 682. The Hall–Kier alpha value is -1.67. The second kappa shape index (κ2) is 8.43. The number of hydrogen-bond acceptors (Lipinski definition) is 6. The second-order valence-corrected chi connectivity index (χ2v) is 7.99. The first kappa shape index (κ1) is 18.7. The minimum atomic E-state index is -0.313. The molecule has 1 N–H and O–H groups in total. The summed E-state index contributed by atoms with van der Waals surface area (Å²) in [6.45, 7) is 8.03. The van der Waals surface area contributed by atoms with Crippen LogP contribution >= 0.6 is 23.1 Å². The molecule has 0 aliphatic rings. The third kappa shape index (κ3) is 5.17. The molecule has 24 heavy (non-hydrogen) atoms. The van der Waals surface area contributed by atoms with Crippen LogP contribution in [0, 0.1) is 5.82 Å². The van der Waals surface area contributed by atoms with Crippen molar-refractivity contribution in [3.8, 4) is 0 Å². The maximum Gasteiger partial charge on any atom is 0.233 e. The molecule has 0 saturated carbocycles. The van der Waals surface area contributed by atoms with Crippen LogP contribution in [-0.2, 0) is 4.79 Å². The monoisotopic (exact) mass is 368 g/mol. The van der Waals surface area contributed by atoms with Gasteiger partial charge in [-0.25, -0.2) is 4.39 Å². The van der Waals surface area contributed by atoms with E-state index in [1.54, 1.807) is 12.1 Å². The van der Waals surface area contributed by atoms with E-state index < -0.39 is 0 Å². The van der Waals surface area contributed by atoms with Crippen LogP contribution in [0.3, 0.4) is 0 Å². The molecule has 2 rings (SSSR count). The van der Waals surface area contributed by atoms with E-state index in [2.05, 4.69) is 15.5 Å². The van der Waals surface area contributed by atoms with Crippen LogP contribution in [0.25, 0.3) is 0 Å². The minimum Gasteiger partial charge on any atom is -0.337 e. The van der Waals surface area contributed by atoms with Gasteiger partial charge in [-0.1, -0.05) is 29.2 Å². The van der Waals surface area contributed by atoms with E-state index in [-0.39, 0.29) is 23.8 Å². The van der Waals surface area contributed by atoms with Gasteiger partial charge in [-0.15, -0.1) is 10.2 Å². The standard InChI is InChI=1S/C16H21FN4OS2/c1-10(2)21(11(3)4)14(22)9-23-16-20-19-15(24-16)18-13-7-5-6-12(17)8-13/h5-8,10-11H,9H2,1-4H3,(H,18,19). The zero-order chi connectivity index (χ0) is 17.7. The van der Waals surface area contributed by atoms with Crippen LogP contribution in [0.4, 0.5) is 15.2 Å². The van der Waals surface area contributed by atoms with Crippen molar-refractivity contribution >= 4 is 39.8 Å². The van der Waals surface area contributed by atoms with E-state index in [9.17, 15) is 9.18 Å². The van der Waals surface area contributed by atoms with Gasteiger partial charge in [0.05, 0.1) is 5.75 Å². The highest BCUT2D eigenvalue weighted by Gasteiger charge is 2.20. The number of carbonyl (C=O) groups excluding carboxylic acids is 1. The number of thioether (sulfide) groups is 1. The third-order valence-corrected chi connectivity index (χ3v) is 5.16. The Morgan fingerprint density at radius 1 is 1.29 bits per heavy atom. The summed E-state index contributed by atoms with van der Waals surface area (Å²) >= 11 is 2.71. The lowest BCUT2D eigenvalue weighted by Gasteiger charge is -2.30. The number of amides is 1. The largest absolute Gasteiger partial charge is 0.337 e. The summed E-state index contributed by atoms with van der Waals surface area (Å²) in [6.07, 6.45) is 0. The molecule has 0 aliphatic carbocycles. The number of benzene rings is 1. The molecular formula is C16H21FN4OS2. The molecule has 1 heterocycles. The lowest BCUT2D eigenvalue weighted by molar-refractivity contribution is -0.131. The topological polar surface area (TPSA) is 58.1 Å². The first-order valence-electron chi connectivity index (χ1n) is 7.67. The van der Waals surface area contributed by atoms with Crippen molar-refractivity contribution < 1.29 is 9.18 Å². The molecule has 0 unspecified atom stereocenters. The zero-order valence-electron chi connectivity index (χ0n) is 14.1. The van der Waals surface area contributed by atoms with E-state index in [0.29, 0.717) is 20.9 Å². The SMILES string of the molecule is CC(C)N(C(=O)CSc1nnc(Nc2cccc(F)c2)s1)C(C)C. The molecule has 0 radical (unpaired) electrons. The summed E-state index contributed by atoms with van der Waals surface area (Å²) in [4.78, 5) is 14.2. The predicted molar refractivity (Wildman–Crippen MR) is 97.4 cm³/mol. The maximum absolute atomic E-state index is 13.2. The Morgan fingerprint density at radius 2 is 2.00 bits per heavy atom.